The van der Waals surface area contributed by atoms with Crippen molar-refractivity contribution in [2.24, 2.45) is 0 Å². The number of hydrogen-bond donors (Lipinski definition) is 1. The van der Waals surface area contributed by atoms with Gasteiger partial charge in [0.1, 0.15) is 6.09 Å². The van der Waals surface area contributed by atoms with Gasteiger partial charge in [-0.3, -0.25) is 4.72 Å². The monoisotopic (exact) mass is 203 g/mol. The van der Waals surface area contributed by atoms with E-state index in [4.69, 9.17) is 0 Å². The van der Waals surface area contributed by atoms with Crippen molar-refractivity contribution in [1.82, 2.24) is 4.72 Å². The molecular weight excluding hydrogens is 193 g/mol. The normalized spacial score (nSPS) is 12.8. The van der Waals surface area contributed by atoms with Gasteiger partial charge in [-0.1, -0.05) is 6.92 Å². The zero-order chi connectivity index (χ0) is 9.07. The van der Waals surface area contributed by atoms with Crippen LogP contribution in [0.5, 0.6) is 0 Å². The summed E-state index contributed by atoms with van der Waals surface area (Å²) in [6, 6.07) is 0. The van der Waals surface area contributed by atoms with Crippen LogP contribution in [0.2, 0.25) is 0 Å². The summed E-state index contributed by atoms with van der Waals surface area (Å²) in [5.41, 5.74) is 0. The molecule has 0 spiro atoms. The van der Waals surface area contributed by atoms with Gasteiger partial charge >= 0.3 is 29.6 Å². The second-order valence-electron chi connectivity index (χ2n) is 2.15. The van der Waals surface area contributed by atoms with Gasteiger partial charge in [0.15, 0.2) is 0 Å². The van der Waals surface area contributed by atoms with Gasteiger partial charge in [-0.15, -0.1) is 0 Å². The summed E-state index contributed by atoms with van der Waals surface area (Å²) in [6.07, 6.45) is -1.42. The van der Waals surface area contributed by atoms with Crippen molar-refractivity contribution < 1.29 is 47.9 Å². The molecular formula is C5H10NNaO4S. The Kier molecular flexibility index (Phi) is 7.11. The maximum absolute atomic E-state index is 10.8. The van der Waals surface area contributed by atoms with Gasteiger partial charge in [0, 0.05) is 0 Å². The van der Waals surface area contributed by atoms with E-state index in [1.54, 1.807) is 6.92 Å². The van der Waals surface area contributed by atoms with Crippen LogP contribution in [0.3, 0.4) is 0 Å². The van der Waals surface area contributed by atoms with Crippen molar-refractivity contribution in [3.8, 4) is 0 Å². The van der Waals surface area contributed by atoms with Crippen molar-refractivity contribution in [3.63, 3.8) is 0 Å². The Morgan fingerprint density at radius 3 is 2.25 bits per heavy atom. The molecule has 7 heteroatoms. The van der Waals surface area contributed by atoms with Crippen LogP contribution in [-0.4, -0.2) is 19.8 Å². The van der Waals surface area contributed by atoms with E-state index in [1.807, 2.05) is 0 Å². The van der Waals surface area contributed by atoms with Crippen molar-refractivity contribution in [3.05, 3.63) is 0 Å². The molecule has 0 radical (unpaired) electrons. The van der Waals surface area contributed by atoms with Crippen LogP contribution >= 0.6 is 0 Å². The summed E-state index contributed by atoms with van der Waals surface area (Å²) >= 11 is 0. The van der Waals surface area contributed by atoms with Crippen LogP contribution in [0.15, 0.2) is 0 Å². The third-order valence-electron chi connectivity index (χ3n) is 1.33. The van der Waals surface area contributed by atoms with Crippen LogP contribution < -0.4 is 39.4 Å². The quantitative estimate of drug-likeness (QED) is 0.474. The molecule has 0 aromatic rings. The van der Waals surface area contributed by atoms with Crippen molar-refractivity contribution in [1.29, 1.82) is 0 Å². The van der Waals surface area contributed by atoms with E-state index in [0.717, 1.165) is 0 Å². The van der Waals surface area contributed by atoms with Gasteiger partial charge in [0.2, 0.25) is 10.0 Å². The van der Waals surface area contributed by atoms with Crippen molar-refractivity contribution in [2.75, 3.05) is 0 Å². The summed E-state index contributed by atoms with van der Waals surface area (Å²) in [5, 5.41) is 9.13. The topological polar surface area (TPSA) is 86.3 Å². The summed E-state index contributed by atoms with van der Waals surface area (Å²) in [5.74, 6) is 0. The molecule has 1 N–H and O–H groups in total. The molecule has 0 bridgehead atoms. The molecule has 0 aliphatic heterocycles. The van der Waals surface area contributed by atoms with E-state index in [9.17, 15) is 18.3 Å². The fourth-order valence-electron chi connectivity index (χ4n) is 0.436. The number of hydrogen-bond acceptors (Lipinski definition) is 4. The Labute approximate surface area is 93.9 Å². The number of rotatable bonds is 3. The van der Waals surface area contributed by atoms with Gasteiger partial charge in [-0.05, 0) is 13.3 Å². The molecule has 1 atom stereocenters. The first-order valence-corrected chi connectivity index (χ1v) is 4.67. The third-order valence-corrected chi connectivity index (χ3v) is 3.17. The minimum absolute atomic E-state index is 0. The van der Waals surface area contributed by atoms with E-state index in [1.165, 1.54) is 11.6 Å². The fraction of sp³-hybridized carbons (Fsp3) is 0.800. The number of carboxylic acid groups (broad SMARTS) is 1. The Bertz CT molecular complexity index is 238. The first-order chi connectivity index (χ1) is 4.90. The van der Waals surface area contributed by atoms with Crippen LogP contribution in [0, 0.1) is 0 Å². The van der Waals surface area contributed by atoms with Crippen molar-refractivity contribution in [2.45, 2.75) is 25.5 Å². The molecule has 0 saturated heterocycles. The molecule has 0 rings (SSSR count). The van der Waals surface area contributed by atoms with Crippen LogP contribution in [0.25, 0.3) is 0 Å². The van der Waals surface area contributed by atoms with Gasteiger partial charge in [-0.2, -0.15) is 0 Å². The van der Waals surface area contributed by atoms with Crippen LogP contribution in [0.1, 0.15) is 20.3 Å². The smallest absolute Gasteiger partial charge is 0.529 e. The maximum Gasteiger partial charge on any atom is 1.00 e. The first kappa shape index (κ1) is 14.7. The minimum Gasteiger partial charge on any atom is -0.529 e. The molecule has 66 valence electrons. The number of nitrogens with one attached hydrogen (secondary N) is 1. The predicted molar refractivity (Wildman–Crippen MR) is 37.2 cm³/mol. The van der Waals surface area contributed by atoms with Crippen molar-refractivity contribution >= 4 is 16.1 Å². The van der Waals surface area contributed by atoms with E-state index in [0.29, 0.717) is 6.42 Å². The molecule has 0 fully saturated rings. The molecule has 0 aromatic carbocycles. The SMILES string of the molecule is CCC(C)S(=O)(=O)NC(=O)[O-].[Na+]. The molecule has 12 heavy (non-hydrogen) atoms. The van der Waals surface area contributed by atoms with E-state index >= 15 is 0 Å². The Balaban J connectivity index is 0. The standard InChI is InChI=1S/C5H11NO4S.Na/c1-3-4(2)11(9,10)6-5(7)8;/h4,6H,3H2,1-2H3,(H,7,8);/q;+1/p-1. The Morgan fingerprint density at radius 1 is 1.58 bits per heavy atom. The molecule has 0 aromatic heterocycles. The van der Waals surface area contributed by atoms with Crippen LogP contribution in [0.4, 0.5) is 4.79 Å². The van der Waals surface area contributed by atoms with Gasteiger partial charge in [0.25, 0.3) is 0 Å². The number of sulfonamides is 1. The summed E-state index contributed by atoms with van der Waals surface area (Å²) in [7, 11) is -3.72. The first-order valence-electron chi connectivity index (χ1n) is 3.12. The Hall–Kier alpha value is 0.220. The molecule has 5 nitrogen and oxygen atoms in total. The summed E-state index contributed by atoms with van der Waals surface area (Å²) < 4.78 is 23.0. The molecule has 1 amide bonds. The average Bonchev–Trinajstić information content (AvgIpc) is 1.83. The average molecular weight is 203 g/mol. The molecule has 0 saturated carbocycles. The van der Waals surface area contributed by atoms with E-state index in [-0.39, 0.29) is 29.6 Å². The molecule has 0 aliphatic rings. The van der Waals surface area contributed by atoms with E-state index in [2.05, 4.69) is 0 Å². The van der Waals surface area contributed by atoms with Crippen LogP contribution in [-0.2, 0) is 10.0 Å². The largest absolute Gasteiger partial charge is 1.00 e. The van der Waals surface area contributed by atoms with Gasteiger partial charge in [0.05, 0.1) is 5.25 Å². The maximum atomic E-state index is 10.8. The zero-order valence-corrected chi connectivity index (χ0v) is 10.1. The van der Waals surface area contributed by atoms with Gasteiger partial charge < -0.3 is 9.90 Å². The second-order valence-corrected chi connectivity index (χ2v) is 4.25. The third kappa shape index (κ3) is 4.97. The molecule has 0 aliphatic carbocycles. The second kappa shape index (κ2) is 5.80. The number of carbonyl (C=O) groups excluding carboxylic acids is 1. The summed E-state index contributed by atoms with van der Waals surface area (Å²) in [6.45, 7) is 3.07. The molecule has 1 unspecified atom stereocenters. The minimum atomic E-state index is -3.72. The zero-order valence-electron chi connectivity index (χ0n) is 7.33. The van der Waals surface area contributed by atoms with E-state index < -0.39 is 21.4 Å². The molecule has 0 heterocycles. The number of carbonyl (C=O) groups is 1. The predicted octanol–water partition coefficient (Wildman–Crippen LogP) is -3.95. The van der Waals surface area contributed by atoms with Gasteiger partial charge in [-0.25, -0.2) is 8.42 Å². The fourth-order valence-corrected chi connectivity index (χ4v) is 1.31. The Morgan fingerprint density at radius 2 is 2.00 bits per heavy atom. The number of amides is 1. The summed E-state index contributed by atoms with van der Waals surface area (Å²) in [4.78, 5) is 9.83.